The summed E-state index contributed by atoms with van der Waals surface area (Å²) in [7, 11) is 1.51. The fraction of sp³-hybridized carbons (Fsp3) is 0.120. The number of hydrogen-bond donors (Lipinski definition) is 1. The van der Waals surface area contributed by atoms with Crippen LogP contribution in [0.2, 0.25) is 10.0 Å². The molecule has 0 aromatic heterocycles. The zero-order chi connectivity index (χ0) is 23.6. The number of methoxy groups -OCH3 is 1. The molecule has 0 heterocycles. The molecule has 0 radical (unpaired) electrons. The molecule has 0 spiro atoms. The van der Waals surface area contributed by atoms with Crippen molar-refractivity contribution in [1.82, 2.24) is 5.43 Å². The standard InChI is InChI=1S/C25H22Cl2N2O4/c1-3-11-32-23-10-8-18(13-24(23)31-2)25(30)29-28-15-17-5-4-6-21(12-17)33-16-19-7-9-20(26)14-22(19)27/h3-10,12-15H,1,11,16H2,2H3,(H,29,30)/b28-15+. The molecule has 0 aliphatic rings. The Morgan fingerprint density at radius 2 is 1.91 bits per heavy atom. The topological polar surface area (TPSA) is 69.2 Å². The van der Waals surface area contributed by atoms with E-state index in [1.165, 1.54) is 13.3 Å². The molecule has 1 amide bonds. The Bertz CT molecular complexity index is 1160. The van der Waals surface area contributed by atoms with Gasteiger partial charge in [-0.1, -0.05) is 54.1 Å². The van der Waals surface area contributed by atoms with E-state index in [2.05, 4.69) is 17.1 Å². The number of ether oxygens (including phenoxy) is 3. The molecular formula is C25H22Cl2N2O4. The van der Waals surface area contributed by atoms with E-state index in [1.54, 1.807) is 42.5 Å². The van der Waals surface area contributed by atoms with Gasteiger partial charge in [0.15, 0.2) is 11.5 Å². The highest BCUT2D eigenvalue weighted by atomic mass is 35.5. The van der Waals surface area contributed by atoms with Crippen LogP contribution in [-0.4, -0.2) is 25.8 Å². The molecule has 0 aliphatic heterocycles. The highest BCUT2D eigenvalue weighted by Gasteiger charge is 2.10. The van der Waals surface area contributed by atoms with Crippen LogP contribution < -0.4 is 19.6 Å². The second-order valence-corrected chi connectivity index (χ2v) is 7.60. The molecule has 0 fully saturated rings. The minimum absolute atomic E-state index is 0.293. The first-order valence-corrected chi connectivity index (χ1v) is 10.7. The molecule has 0 atom stereocenters. The minimum Gasteiger partial charge on any atom is -0.493 e. The SMILES string of the molecule is C=CCOc1ccc(C(=O)N/N=C/c2cccc(OCc3ccc(Cl)cc3Cl)c2)cc1OC. The van der Waals surface area contributed by atoms with Crippen LogP contribution in [0.1, 0.15) is 21.5 Å². The van der Waals surface area contributed by atoms with E-state index in [0.29, 0.717) is 46.1 Å². The average Bonchev–Trinajstić information content (AvgIpc) is 2.82. The zero-order valence-electron chi connectivity index (χ0n) is 17.9. The van der Waals surface area contributed by atoms with Crippen LogP contribution in [0.25, 0.3) is 0 Å². The van der Waals surface area contributed by atoms with Crippen LogP contribution in [0.3, 0.4) is 0 Å². The number of carbonyl (C=O) groups excluding carboxylic acids is 1. The van der Waals surface area contributed by atoms with Gasteiger partial charge in [-0.05, 0) is 48.0 Å². The molecule has 0 saturated carbocycles. The first kappa shape index (κ1) is 24.2. The third-order valence-electron chi connectivity index (χ3n) is 4.43. The van der Waals surface area contributed by atoms with Crippen molar-refractivity contribution in [2.24, 2.45) is 5.10 Å². The van der Waals surface area contributed by atoms with E-state index in [4.69, 9.17) is 37.4 Å². The molecule has 0 unspecified atom stereocenters. The number of hydrazone groups is 1. The number of nitrogens with zero attached hydrogens (tertiary/aromatic N) is 1. The lowest BCUT2D eigenvalue weighted by atomic mass is 10.2. The average molecular weight is 485 g/mol. The molecule has 170 valence electrons. The predicted octanol–water partition coefficient (Wildman–Crippen LogP) is 5.91. The Morgan fingerprint density at radius 1 is 1.06 bits per heavy atom. The van der Waals surface area contributed by atoms with Gasteiger partial charge in [0.25, 0.3) is 5.91 Å². The van der Waals surface area contributed by atoms with Gasteiger partial charge in [0, 0.05) is 21.2 Å². The molecule has 3 rings (SSSR count). The van der Waals surface area contributed by atoms with Gasteiger partial charge in [-0.15, -0.1) is 0 Å². The fourth-order valence-corrected chi connectivity index (χ4v) is 3.25. The number of amides is 1. The quantitative estimate of drug-likeness (QED) is 0.220. The monoisotopic (exact) mass is 484 g/mol. The Labute approximate surface area is 202 Å². The summed E-state index contributed by atoms with van der Waals surface area (Å²) < 4.78 is 16.6. The fourth-order valence-electron chi connectivity index (χ4n) is 2.79. The van der Waals surface area contributed by atoms with Crippen molar-refractivity contribution in [3.63, 3.8) is 0 Å². The molecular weight excluding hydrogens is 463 g/mol. The highest BCUT2D eigenvalue weighted by Crippen LogP contribution is 2.28. The second kappa shape index (κ2) is 11.9. The maximum absolute atomic E-state index is 12.4. The Balaban J connectivity index is 1.60. The van der Waals surface area contributed by atoms with Crippen molar-refractivity contribution in [1.29, 1.82) is 0 Å². The Kier molecular flexibility index (Phi) is 8.75. The summed E-state index contributed by atoms with van der Waals surface area (Å²) >= 11 is 12.1. The van der Waals surface area contributed by atoms with E-state index in [-0.39, 0.29) is 5.91 Å². The summed E-state index contributed by atoms with van der Waals surface area (Å²) in [5.41, 5.74) is 4.45. The van der Waals surface area contributed by atoms with Crippen molar-refractivity contribution < 1.29 is 19.0 Å². The first-order valence-electron chi connectivity index (χ1n) is 9.92. The van der Waals surface area contributed by atoms with Gasteiger partial charge >= 0.3 is 0 Å². The molecule has 33 heavy (non-hydrogen) atoms. The number of hydrogen-bond acceptors (Lipinski definition) is 5. The lowest BCUT2D eigenvalue weighted by Gasteiger charge is -2.10. The Morgan fingerprint density at radius 3 is 2.67 bits per heavy atom. The van der Waals surface area contributed by atoms with Gasteiger partial charge in [-0.25, -0.2) is 5.43 Å². The summed E-state index contributed by atoms with van der Waals surface area (Å²) in [5.74, 6) is 1.22. The van der Waals surface area contributed by atoms with Crippen LogP contribution in [0.5, 0.6) is 17.2 Å². The maximum Gasteiger partial charge on any atom is 0.271 e. The predicted molar refractivity (Wildman–Crippen MR) is 131 cm³/mol. The lowest BCUT2D eigenvalue weighted by molar-refractivity contribution is 0.0954. The van der Waals surface area contributed by atoms with Crippen LogP contribution in [0.15, 0.2) is 78.4 Å². The summed E-state index contributed by atoms with van der Waals surface area (Å²) in [6, 6.07) is 17.4. The number of halogens is 2. The number of benzene rings is 3. The van der Waals surface area contributed by atoms with Crippen molar-refractivity contribution >= 4 is 35.3 Å². The third-order valence-corrected chi connectivity index (χ3v) is 5.02. The summed E-state index contributed by atoms with van der Waals surface area (Å²) in [6.07, 6.45) is 3.15. The summed E-state index contributed by atoms with van der Waals surface area (Å²) in [5, 5.41) is 5.14. The van der Waals surface area contributed by atoms with E-state index in [0.717, 1.165) is 11.1 Å². The smallest absolute Gasteiger partial charge is 0.271 e. The first-order chi connectivity index (χ1) is 16.0. The lowest BCUT2D eigenvalue weighted by Crippen LogP contribution is -2.17. The molecule has 6 nitrogen and oxygen atoms in total. The van der Waals surface area contributed by atoms with Gasteiger partial charge < -0.3 is 14.2 Å². The number of nitrogens with one attached hydrogen (secondary N) is 1. The van der Waals surface area contributed by atoms with Gasteiger partial charge in [-0.3, -0.25) is 4.79 Å². The molecule has 0 aliphatic carbocycles. The third kappa shape index (κ3) is 7.00. The number of rotatable bonds is 10. The largest absolute Gasteiger partial charge is 0.493 e. The molecule has 8 heteroatoms. The maximum atomic E-state index is 12.4. The molecule has 1 N–H and O–H groups in total. The highest BCUT2D eigenvalue weighted by molar-refractivity contribution is 6.35. The summed E-state index contributed by atoms with van der Waals surface area (Å²) in [4.78, 5) is 12.4. The van der Waals surface area contributed by atoms with E-state index < -0.39 is 0 Å². The van der Waals surface area contributed by atoms with Crippen molar-refractivity contribution in [2.45, 2.75) is 6.61 Å². The summed E-state index contributed by atoms with van der Waals surface area (Å²) in [6.45, 7) is 4.24. The van der Waals surface area contributed by atoms with E-state index in [9.17, 15) is 4.79 Å². The van der Waals surface area contributed by atoms with Crippen LogP contribution in [0.4, 0.5) is 0 Å². The molecule has 0 saturated heterocycles. The van der Waals surface area contributed by atoms with Gasteiger partial charge in [0.2, 0.25) is 0 Å². The molecule has 0 bridgehead atoms. The van der Waals surface area contributed by atoms with E-state index >= 15 is 0 Å². The van der Waals surface area contributed by atoms with E-state index in [1.807, 2.05) is 24.3 Å². The van der Waals surface area contributed by atoms with Crippen molar-refractivity contribution in [3.05, 3.63) is 100 Å². The van der Waals surface area contributed by atoms with Gasteiger partial charge in [-0.2, -0.15) is 5.10 Å². The van der Waals surface area contributed by atoms with Gasteiger partial charge in [0.05, 0.1) is 13.3 Å². The normalized spacial score (nSPS) is 10.6. The van der Waals surface area contributed by atoms with Crippen LogP contribution in [-0.2, 0) is 6.61 Å². The second-order valence-electron chi connectivity index (χ2n) is 6.76. The molecule has 3 aromatic rings. The van der Waals surface area contributed by atoms with Crippen molar-refractivity contribution in [2.75, 3.05) is 13.7 Å². The van der Waals surface area contributed by atoms with Crippen LogP contribution >= 0.6 is 23.2 Å². The number of carbonyl (C=O) groups is 1. The van der Waals surface area contributed by atoms with Crippen LogP contribution in [0, 0.1) is 0 Å². The zero-order valence-corrected chi connectivity index (χ0v) is 19.4. The minimum atomic E-state index is -0.385. The Hall–Kier alpha value is -3.48. The molecule has 3 aromatic carbocycles. The van der Waals surface area contributed by atoms with Crippen molar-refractivity contribution in [3.8, 4) is 17.2 Å². The van der Waals surface area contributed by atoms with Gasteiger partial charge in [0.1, 0.15) is 19.0 Å².